The molecule has 16 heavy (non-hydrogen) atoms. The highest BCUT2D eigenvalue weighted by molar-refractivity contribution is 4.91. The molecule has 0 aromatic carbocycles. The quantitative estimate of drug-likeness (QED) is 0.777. The average molecular weight is 226 g/mol. The highest BCUT2D eigenvalue weighted by atomic mass is 16.5. The first-order valence-corrected chi connectivity index (χ1v) is 6.52. The van der Waals surface area contributed by atoms with Crippen LogP contribution in [0.2, 0.25) is 0 Å². The fraction of sp³-hybridized carbons (Fsp3) is 1.00. The van der Waals surface area contributed by atoms with Crippen LogP contribution in [0.1, 0.15) is 40.0 Å². The molecule has 0 spiro atoms. The van der Waals surface area contributed by atoms with E-state index in [-0.39, 0.29) is 11.3 Å². The maximum absolute atomic E-state index is 6.14. The van der Waals surface area contributed by atoms with Gasteiger partial charge in [-0.25, -0.2) is 0 Å². The van der Waals surface area contributed by atoms with Crippen molar-refractivity contribution in [2.75, 3.05) is 26.7 Å². The zero-order valence-electron chi connectivity index (χ0n) is 11.2. The van der Waals surface area contributed by atoms with Crippen molar-refractivity contribution in [1.82, 2.24) is 10.2 Å². The van der Waals surface area contributed by atoms with Gasteiger partial charge in [0.15, 0.2) is 0 Å². The maximum atomic E-state index is 6.14. The van der Waals surface area contributed by atoms with Gasteiger partial charge in [-0.3, -0.25) is 5.32 Å². The van der Waals surface area contributed by atoms with E-state index in [4.69, 9.17) is 4.74 Å². The molecule has 0 saturated carbocycles. The Bertz CT molecular complexity index is 254. The molecule has 2 rings (SSSR count). The number of hydrogen-bond acceptors (Lipinski definition) is 3. The molecule has 2 saturated heterocycles. The van der Waals surface area contributed by atoms with Crippen molar-refractivity contribution in [2.45, 2.75) is 51.4 Å². The second-order valence-corrected chi connectivity index (χ2v) is 6.42. The molecule has 0 bridgehead atoms. The fourth-order valence-electron chi connectivity index (χ4n) is 3.19. The lowest BCUT2D eigenvalue weighted by Gasteiger charge is -2.35. The molecular weight excluding hydrogens is 200 g/mol. The zero-order chi connectivity index (χ0) is 11.8. The average Bonchev–Trinajstić information content (AvgIpc) is 2.40. The van der Waals surface area contributed by atoms with E-state index >= 15 is 0 Å². The van der Waals surface area contributed by atoms with Crippen molar-refractivity contribution in [3.05, 3.63) is 0 Å². The van der Waals surface area contributed by atoms with Gasteiger partial charge in [0.2, 0.25) is 0 Å². The molecule has 2 unspecified atom stereocenters. The van der Waals surface area contributed by atoms with Gasteiger partial charge in [0, 0.05) is 13.1 Å². The van der Waals surface area contributed by atoms with E-state index in [1.807, 2.05) is 0 Å². The number of ether oxygens (including phenoxy) is 1. The van der Waals surface area contributed by atoms with Crippen LogP contribution in [0.3, 0.4) is 0 Å². The van der Waals surface area contributed by atoms with E-state index in [0.29, 0.717) is 0 Å². The van der Waals surface area contributed by atoms with Gasteiger partial charge in [0.1, 0.15) is 5.72 Å². The highest BCUT2D eigenvalue weighted by Gasteiger charge is 2.41. The molecule has 0 aliphatic carbocycles. The Balaban J connectivity index is 1.89. The minimum absolute atomic E-state index is 0.00464. The van der Waals surface area contributed by atoms with Gasteiger partial charge in [-0.05, 0) is 59.5 Å². The van der Waals surface area contributed by atoms with Crippen molar-refractivity contribution >= 4 is 0 Å². The molecule has 1 N–H and O–H groups in total. The lowest BCUT2D eigenvalue weighted by Crippen LogP contribution is -2.43. The predicted octanol–water partition coefficient (Wildman–Crippen LogP) is 1.83. The standard InChI is InChI=1S/C13H26N2O/c1-12(2)10-14-13(3,16-12)8-11-6-5-7-15(4)9-11/h11,14H,5-10H2,1-4H3. The summed E-state index contributed by atoms with van der Waals surface area (Å²) >= 11 is 0. The van der Waals surface area contributed by atoms with Gasteiger partial charge >= 0.3 is 0 Å². The summed E-state index contributed by atoms with van der Waals surface area (Å²) in [7, 11) is 2.22. The van der Waals surface area contributed by atoms with Crippen molar-refractivity contribution in [1.29, 1.82) is 0 Å². The largest absolute Gasteiger partial charge is 0.354 e. The summed E-state index contributed by atoms with van der Waals surface area (Å²) in [6.45, 7) is 9.98. The van der Waals surface area contributed by atoms with Gasteiger partial charge in [0.05, 0.1) is 5.60 Å². The molecule has 94 valence electrons. The van der Waals surface area contributed by atoms with Crippen LogP contribution in [0.5, 0.6) is 0 Å². The van der Waals surface area contributed by atoms with Crippen LogP contribution in [0.15, 0.2) is 0 Å². The molecule has 2 fully saturated rings. The van der Waals surface area contributed by atoms with E-state index in [0.717, 1.165) is 18.9 Å². The molecule has 0 radical (unpaired) electrons. The van der Waals surface area contributed by atoms with Gasteiger partial charge < -0.3 is 9.64 Å². The zero-order valence-corrected chi connectivity index (χ0v) is 11.2. The number of hydrogen-bond donors (Lipinski definition) is 1. The number of nitrogens with one attached hydrogen (secondary N) is 1. The number of nitrogens with zero attached hydrogens (tertiary/aromatic N) is 1. The third-order valence-electron chi connectivity index (χ3n) is 3.79. The summed E-state index contributed by atoms with van der Waals surface area (Å²) in [5.41, 5.74) is -0.109. The normalized spacial score (nSPS) is 40.1. The monoisotopic (exact) mass is 226 g/mol. The lowest BCUT2D eigenvalue weighted by atomic mass is 9.90. The van der Waals surface area contributed by atoms with Gasteiger partial charge in [0.25, 0.3) is 0 Å². The number of piperidine rings is 1. The molecule has 0 aromatic heterocycles. The highest BCUT2D eigenvalue weighted by Crippen LogP contribution is 2.32. The van der Waals surface area contributed by atoms with Crippen LogP contribution in [-0.2, 0) is 4.74 Å². The first kappa shape index (κ1) is 12.3. The Morgan fingerprint density at radius 3 is 2.69 bits per heavy atom. The van der Waals surface area contributed by atoms with Crippen LogP contribution in [0.4, 0.5) is 0 Å². The van der Waals surface area contributed by atoms with Crippen molar-refractivity contribution in [3.8, 4) is 0 Å². The first-order valence-electron chi connectivity index (χ1n) is 6.52. The Labute approximate surface area is 99.5 Å². The molecule has 2 heterocycles. The van der Waals surface area contributed by atoms with Crippen molar-refractivity contribution < 1.29 is 4.74 Å². The van der Waals surface area contributed by atoms with E-state index in [2.05, 4.69) is 38.0 Å². The van der Waals surface area contributed by atoms with E-state index in [1.54, 1.807) is 0 Å². The lowest BCUT2D eigenvalue weighted by molar-refractivity contribution is -0.0940. The summed E-state index contributed by atoms with van der Waals surface area (Å²) in [6, 6.07) is 0. The number of rotatable bonds is 2. The summed E-state index contributed by atoms with van der Waals surface area (Å²) in [6.07, 6.45) is 3.83. The van der Waals surface area contributed by atoms with Gasteiger partial charge in [-0.2, -0.15) is 0 Å². The maximum Gasteiger partial charge on any atom is 0.117 e. The fourth-order valence-corrected chi connectivity index (χ4v) is 3.19. The SMILES string of the molecule is CN1CCCC(CC2(C)NCC(C)(C)O2)C1. The Morgan fingerprint density at radius 1 is 1.38 bits per heavy atom. The molecule has 3 nitrogen and oxygen atoms in total. The van der Waals surface area contributed by atoms with Crippen LogP contribution in [0, 0.1) is 5.92 Å². The Morgan fingerprint density at radius 2 is 2.12 bits per heavy atom. The smallest absolute Gasteiger partial charge is 0.117 e. The van der Waals surface area contributed by atoms with Crippen LogP contribution in [0.25, 0.3) is 0 Å². The third kappa shape index (κ3) is 2.96. The molecule has 0 aromatic rings. The van der Waals surface area contributed by atoms with E-state index < -0.39 is 0 Å². The minimum atomic E-state index is -0.105. The molecule has 2 aliphatic heterocycles. The summed E-state index contributed by atoms with van der Waals surface area (Å²) in [5, 5.41) is 3.54. The van der Waals surface area contributed by atoms with Crippen molar-refractivity contribution in [2.24, 2.45) is 5.92 Å². The molecule has 2 atom stereocenters. The first-order chi connectivity index (χ1) is 7.39. The van der Waals surface area contributed by atoms with Crippen LogP contribution >= 0.6 is 0 Å². The second-order valence-electron chi connectivity index (χ2n) is 6.42. The summed E-state index contributed by atoms with van der Waals surface area (Å²) < 4.78 is 6.14. The summed E-state index contributed by atoms with van der Waals surface area (Å²) in [4.78, 5) is 2.44. The topological polar surface area (TPSA) is 24.5 Å². The van der Waals surface area contributed by atoms with E-state index in [1.165, 1.54) is 25.9 Å². The third-order valence-corrected chi connectivity index (χ3v) is 3.79. The Hall–Kier alpha value is -0.120. The molecule has 2 aliphatic rings. The second kappa shape index (κ2) is 4.28. The Kier molecular flexibility index (Phi) is 3.30. The van der Waals surface area contributed by atoms with Crippen molar-refractivity contribution in [3.63, 3.8) is 0 Å². The predicted molar refractivity (Wildman–Crippen MR) is 66.4 cm³/mol. The number of likely N-dealkylation sites (tertiary alicyclic amines) is 1. The van der Waals surface area contributed by atoms with Gasteiger partial charge in [-0.15, -0.1) is 0 Å². The minimum Gasteiger partial charge on any atom is -0.354 e. The molecule has 3 heteroatoms. The van der Waals surface area contributed by atoms with Crippen LogP contribution < -0.4 is 5.32 Å². The summed E-state index contributed by atoms with van der Waals surface area (Å²) in [5.74, 6) is 0.783. The van der Waals surface area contributed by atoms with Crippen LogP contribution in [-0.4, -0.2) is 42.9 Å². The molecule has 0 amide bonds. The van der Waals surface area contributed by atoms with Gasteiger partial charge in [-0.1, -0.05) is 0 Å². The van der Waals surface area contributed by atoms with E-state index in [9.17, 15) is 0 Å². The molecular formula is C13H26N2O.